The first-order chi connectivity index (χ1) is 17.3. The predicted octanol–water partition coefficient (Wildman–Crippen LogP) is 4.15. The van der Waals surface area contributed by atoms with Gasteiger partial charge in [0.05, 0.1) is 11.1 Å². The lowest BCUT2D eigenvalue weighted by molar-refractivity contribution is -0.115. The van der Waals surface area contributed by atoms with Crippen molar-refractivity contribution in [2.75, 3.05) is 10.6 Å². The van der Waals surface area contributed by atoms with Crippen LogP contribution in [0.4, 0.5) is 11.4 Å². The number of amides is 2. The molecule has 0 aliphatic heterocycles. The summed E-state index contributed by atoms with van der Waals surface area (Å²) in [6, 6.07) is 20.5. The van der Waals surface area contributed by atoms with Gasteiger partial charge in [-0.25, -0.2) is 9.59 Å². The van der Waals surface area contributed by atoms with E-state index < -0.39 is 24.1 Å². The summed E-state index contributed by atoms with van der Waals surface area (Å²) in [4.78, 5) is 48.2. The largest absolute Gasteiger partial charge is 0.454 e. The third kappa shape index (κ3) is 6.15. The Morgan fingerprint density at radius 2 is 0.972 bits per heavy atom. The number of ether oxygens (including phenoxy) is 2. The third-order valence-corrected chi connectivity index (χ3v) is 5.77. The number of benzene rings is 3. The van der Waals surface area contributed by atoms with E-state index in [1.165, 1.54) is 13.8 Å². The molecule has 3 aromatic carbocycles. The Balaban J connectivity index is 1.49. The molecule has 8 nitrogen and oxygen atoms in total. The molecule has 184 valence electrons. The number of hydrogen-bond acceptors (Lipinski definition) is 6. The molecule has 2 N–H and O–H groups in total. The lowest BCUT2D eigenvalue weighted by Crippen LogP contribution is -2.41. The fraction of sp³-hybridized carbons (Fsp3) is 0.214. The molecule has 2 amide bonds. The Bertz CT molecular complexity index is 1180. The van der Waals surface area contributed by atoms with Crippen molar-refractivity contribution in [2.24, 2.45) is 0 Å². The van der Waals surface area contributed by atoms with Crippen LogP contribution >= 0.6 is 0 Å². The zero-order valence-corrected chi connectivity index (χ0v) is 19.9. The van der Waals surface area contributed by atoms with Gasteiger partial charge in [0.1, 0.15) is 12.2 Å². The molecular weight excluding hydrogens is 460 g/mol. The van der Waals surface area contributed by atoms with Gasteiger partial charge in [0.25, 0.3) is 0 Å². The molecule has 2 unspecified atom stereocenters. The zero-order chi connectivity index (χ0) is 25.7. The van der Waals surface area contributed by atoms with Gasteiger partial charge in [0, 0.05) is 38.1 Å². The normalized spacial score (nSPS) is 16.3. The van der Waals surface area contributed by atoms with Crippen LogP contribution in [0.3, 0.4) is 0 Å². The van der Waals surface area contributed by atoms with Crippen molar-refractivity contribution < 1.29 is 28.7 Å². The van der Waals surface area contributed by atoms with Crippen LogP contribution < -0.4 is 10.6 Å². The number of hydrogen-bond donors (Lipinski definition) is 2. The maximum atomic E-state index is 12.9. The SMILES string of the molecule is CC(=O)Nc1ccc(C(=O)OC2Cc3ccccc3CC2OC(=O)c2ccc(NC(C)=O)cc2)cc1. The van der Waals surface area contributed by atoms with Crippen LogP contribution in [0.5, 0.6) is 0 Å². The van der Waals surface area contributed by atoms with Gasteiger partial charge >= 0.3 is 11.9 Å². The van der Waals surface area contributed by atoms with Gasteiger partial charge in [-0.1, -0.05) is 24.3 Å². The molecule has 0 saturated heterocycles. The minimum atomic E-state index is -0.676. The topological polar surface area (TPSA) is 111 Å². The number of carbonyl (C=O) groups excluding carboxylic acids is 4. The van der Waals surface area contributed by atoms with E-state index in [2.05, 4.69) is 10.6 Å². The minimum Gasteiger partial charge on any atom is -0.454 e. The lowest BCUT2D eigenvalue weighted by Gasteiger charge is -2.32. The highest BCUT2D eigenvalue weighted by atomic mass is 16.6. The minimum absolute atomic E-state index is 0.208. The van der Waals surface area contributed by atoms with Crippen molar-refractivity contribution in [3.63, 3.8) is 0 Å². The third-order valence-electron chi connectivity index (χ3n) is 5.77. The van der Waals surface area contributed by atoms with Crippen LogP contribution in [-0.2, 0) is 31.9 Å². The second-order valence-electron chi connectivity index (χ2n) is 8.58. The van der Waals surface area contributed by atoms with E-state index >= 15 is 0 Å². The van der Waals surface area contributed by atoms with E-state index in [9.17, 15) is 19.2 Å². The summed E-state index contributed by atoms with van der Waals surface area (Å²) in [5, 5.41) is 5.30. The highest BCUT2D eigenvalue weighted by Crippen LogP contribution is 2.27. The molecule has 2 atom stereocenters. The Kier molecular flexibility index (Phi) is 7.44. The maximum absolute atomic E-state index is 12.9. The molecule has 0 fully saturated rings. The zero-order valence-electron chi connectivity index (χ0n) is 19.9. The Morgan fingerprint density at radius 3 is 1.31 bits per heavy atom. The lowest BCUT2D eigenvalue weighted by atomic mass is 9.87. The molecule has 0 bridgehead atoms. The summed E-state index contributed by atoms with van der Waals surface area (Å²) in [7, 11) is 0. The molecule has 3 aromatic rings. The van der Waals surface area contributed by atoms with Crippen molar-refractivity contribution in [2.45, 2.75) is 38.9 Å². The second-order valence-corrected chi connectivity index (χ2v) is 8.58. The highest BCUT2D eigenvalue weighted by molar-refractivity contribution is 5.93. The number of carbonyl (C=O) groups is 4. The molecule has 4 rings (SSSR count). The van der Waals surface area contributed by atoms with Crippen LogP contribution in [-0.4, -0.2) is 36.0 Å². The Labute approximate surface area is 208 Å². The molecule has 0 spiro atoms. The standard InChI is InChI=1S/C28H26N2O6/c1-17(31)29-23-11-7-19(8-12-23)27(33)35-25-15-21-5-3-4-6-22(21)16-26(25)36-28(34)20-9-13-24(14-10-20)30-18(2)32/h3-14,25-26H,15-16H2,1-2H3,(H,29,31)(H,30,32). The summed E-state index contributed by atoms with van der Waals surface area (Å²) >= 11 is 0. The van der Waals surface area contributed by atoms with Crippen LogP contribution in [0.2, 0.25) is 0 Å². The van der Waals surface area contributed by atoms with Crippen molar-refractivity contribution in [1.29, 1.82) is 0 Å². The van der Waals surface area contributed by atoms with Gasteiger partial charge < -0.3 is 20.1 Å². The summed E-state index contributed by atoms with van der Waals surface area (Å²) < 4.78 is 11.6. The summed E-state index contributed by atoms with van der Waals surface area (Å²) in [5.41, 5.74) is 3.85. The van der Waals surface area contributed by atoms with E-state index in [1.807, 2.05) is 24.3 Å². The molecule has 0 saturated carbocycles. The van der Waals surface area contributed by atoms with Gasteiger partial charge in [-0.3, -0.25) is 9.59 Å². The molecule has 0 heterocycles. The first-order valence-electron chi connectivity index (χ1n) is 11.5. The van der Waals surface area contributed by atoms with E-state index in [4.69, 9.17) is 9.47 Å². The smallest absolute Gasteiger partial charge is 0.338 e. The number of rotatable bonds is 6. The van der Waals surface area contributed by atoms with Crippen LogP contribution in [0.1, 0.15) is 45.7 Å². The Hall–Kier alpha value is -4.46. The van der Waals surface area contributed by atoms with Gasteiger partial charge in [-0.15, -0.1) is 0 Å². The van der Waals surface area contributed by atoms with E-state index in [0.717, 1.165) is 11.1 Å². The van der Waals surface area contributed by atoms with Gasteiger partial charge in [0.15, 0.2) is 0 Å². The van der Waals surface area contributed by atoms with Crippen molar-refractivity contribution in [3.8, 4) is 0 Å². The van der Waals surface area contributed by atoms with Crippen LogP contribution in [0, 0.1) is 0 Å². The van der Waals surface area contributed by atoms with Gasteiger partial charge in [-0.05, 0) is 59.7 Å². The number of nitrogens with one attached hydrogen (secondary N) is 2. The summed E-state index contributed by atoms with van der Waals surface area (Å²) in [6.45, 7) is 2.81. The molecule has 36 heavy (non-hydrogen) atoms. The quantitative estimate of drug-likeness (QED) is 0.507. The fourth-order valence-electron chi connectivity index (χ4n) is 4.08. The molecule has 1 aliphatic rings. The van der Waals surface area contributed by atoms with Crippen LogP contribution in [0.25, 0.3) is 0 Å². The molecule has 0 aromatic heterocycles. The van der Waals surface area contributed by atoms with E-state index in [-0.39, 0.29) is 11.8 Å². The van der Waals surface area contributed by atoms with Crippen molar-refractivity contribution >= 4 is 35.1 Å². The van der Waals surface area contributed by atoms with E-state index in [1.54, 1.807) is 48.5 Å². The Morgan fingerprint density at radius 1 is 0.611 bits per heavy atom. The molecule has 8 heteroatoms. The first-order valence-corrected chi connectivity index (χ1v) is 11.5. The molecule has 0 radical (unpaired) electrons. The fourth-order valence-corrected chi connectivity index (χ4v) is 4.08. The average Bonchev–Trinajstić information content (AvgIpc) is 2.84. The van der Waals surface area contributed by atoms with E-state index in [0.29, 0.717) is 35.3 Å². The predicted molar refractivity (Wildman–Crippen MR) is 134 cm³/mol. The van der Waals surface area contributed by atoms with Crippen LogP contribution in [0.15, 0.2) is 72.8 Å². The first kappa shape index (κ1) is 24.7. The molecule has 1 aliphatic carbocycles. The molecular formula is C28H26N2O6. The van der Waals surface area contributed by atoms with Crippen molar-refractivity contribution in [3.05, 3.63) is 95.1 Å². The van der Waals surface area contributed by atoms with Gasteiger partial charge in [0.2, 0.25) is 11.8 Å². The maximum Gasteiger partial charge on any atom is 0.338 e. The average molecular weight is 487 g/mol. The number of esters is 2. The number of fused-ring (bicyclic) bond motifs is 1. The van der Waals surface area contributed by atoms with Gasteiger partial charge in [-0.2, -0.15) is 0 Å². The number of anilines is 2. The second kappa shape index (κ2) is 10.9. The highest BCUT2D eigenvalue weighted by Gasteiger charge is 2.34. The summed E-state index contributed by atoms with van der Waals surface area (Å²) in [6.07, 6.45) is -0.536. The van der Waals surface area contributed by atoms with Crippen molar-refractivity contribution in [1.82, 2.24) is 0 Å². The monoisotopic (exact) mass is 486 g/mol. The summed E-state index contributed by atoms with van der Waals surface area (Å²) in [5.74, 6) is -1.51.